The number of esters is 1. The minimum atomic E-state index is -0.833. The maximum atomic E-state index is 12.0. The molecular formula is C12H16N4O6S. The van der Waals surface area contributed by atoms with Gasteiger partial charge in [0.25, 0.3) is 5.56 Å². The quantitative estimate of drug-likeness (QED) is 0.566. The Labute approximate surface area is 133 Å². The Balaban J connectivity index is 2.25. The summed E-state index contributed by atoms with van der Waals surface area (Å²) in [5.41, 5.74) is 5.05. The molecule has 0 aliphatic rings. The topological polar surface area (TPSA) is 150 Å². The van der Waals surface area contributed by atoms with Gasteiger partial charge in [0.05, 0.1) is 6.61 Å². The Kier molecular flexibility index (Phi) is 5.13. The predicted octanol–water partition coefficient (Wildman–Crippen LogP) is -0.985. The molecule has 0 fully saturated rings. The zero-order valence-electron chi connectivity index (χ0n) is 12.4. The van der Waals surface area contributed by atoms with Crippen molar-refractivity contribution in [2.45, 2.75) is 32.8 Å². The first-order valence-corrected chi connectivity index (χ1v) is 7.44. The van der Waals surface area contributed by atoms with Gasteiger partial charge in [-0.2, -0.15) is 4.98 Å². The van der Waals surface area contributed by atoms with E-state index in [0.717, 1.165) is 4.57 Å². The number of carbonyl (C=O) groups is 1. The number of nitrogens with two attached hydrogens (primary N) is 1. The Bertz CT molecular complexity index is 825. The van der Waals surface area contributed by atoms with Crippen molar-refractivity contribution < 1.29 is 19.4 Å². The molecular weight excluding hydrogens is 328 g/mol. The summed E-state index contributed by atoms with van der Waals surface area (Å²) in [5, 5.41) is 9.32. The smallest absolute Gasteiger partial charge is 0.311 e. The molecule has 2 atom stereocenters. The van der Waals surface area contributed by atoms with Crippen molar-refractivity contribution in [3.63, 3.8) is 0 Å². The normalized spacial score (nSPS) is 13.9. The Morgan fingerprint density at radius 2 is 2.22 bits per heavy atom. The van der Waals surface area contributed by atoms with Crippen LogP contribution >= 0.6 is 11.3 Å². The molecule has 0 saturated carbocycles. The number of thiazole rings is 1. The number of carbonyl (C=O) groups excluding carboxylic acids is 1. The van der Waals surface area contributed by atoms with E-state index in [1.54, 1.807) is 6.92 Å². The summed E-state index contributed by atoms with van der Waals surface area (Å²) in [6, 6.07) is 0. The highest BCUT2D eigenvalue weighted by Crippen LogP contribution is 2.12. The maximum absolute atomic E-state index is 12.0. The standard InChI is InChI=1S/C12H16N4O6S/c1-5(22-6(2)18)7(3-17)21-4-16-9-8(23-12(16)20)10(19)15-11(13)14-9/h5,7,17H,3-4H2,1-2H3,(H3,13,14,15,19)/t5-,7+/m0/s1. The number of aliphatic hydroxyl groups excluding tert-OH is 1. The molecule has 2 heterocycles. The molecule has 0 amide bonds. The van der Waals surface area contributed by atoms with E-state index in [9.17, 15) is 19.5 Å². The highest BCUT2D eigenvalue weighted by Gasteiger charge is 2.21. The van der Waals surface area contributed by atoms with Gasteiger partial charge in [0.1, 0.15) is 23.6 Å². The molecule has 0 spiro atoms. The highest BCUT2D eigenvalue weighted by atomic mass is 32.1. The number of nitrogen functional groups attached to an aromatic ring is 1. The molecule has 126 valence electrons. The molecule has 0 radical (unpaired) electrons. The van der Waals surface area contributed by atoms with Crippen molar-refractivity contribution in [3.8, 4) is 0 Å². The second kappa shape index (κ2) is 6.89. The molecule has 2 aromatic rings. The first-order chi connectivity index (χ1) is 10.8. The lowest BCUT2D eigenvalue weighted by Gasteiger charge is -2.22. The SMILES string of the molecule is CC(=O)O[C@@H](C)[C@@H](CO)OCn1c(=O)sc2c(=O)[nH]c(N)nc21. The van der Waals surface area contributed by atoms with Crippen LogP contribution in [0.25, 0.3) is 10.3 Å². The number of aromatic amines is 1. The monoisotopic (exact) mass is 344 g/mol. The van der Waals surface area contributed by atoms with E-state index in [-0.39, 0.29) is 23.0 Å². The summed E-state index contributed by atoms with van der Waals surface area (Å²) in [7, 11) is 0. The summed E-state index contributed by atoms with van der Waals surface area (Å²) in [5.74, 6) is -0.639. The molecule has 2 rings (SSSR count). The van der Waals surface area contributed by atoms with Crippen molar-refractivity contribution in [1.29, 1.82) is 0 Å². The van der Waals surface area contributed by atoms with E-state index in [1.807, 2.05) is 0 Å². The van der Waals surface area contributed by atoms with E-state index in [2.05, 4.69) is 9.97 Å². The Morgan fingerprint density at radius 1 is 1.52 bits per heavy atom. The number of rotatable bonds is 6. The van der Waals surface area contributed by atoms with Gasteiger partial charge in [-0.05, 0) is 6.92 Å². The largest absolute Gasteiger partial charge is 0.460 e. The third kappa shape index (κ3) is 3.75. The van der Waals surface area contributed by atoms with Crippen LogP contribution in [0.4, 0.5) is 5.95 Å². The van der Waals surface area contributed by atoms with Gasteiger partial charge in [-0.3, -0.25) is 23.9 Å². The lowest BCUT2D eigenvalue weighted by Crippen LogP contribution is -2.35. The number of hydrogen-bond acceptors (Lipinski definition) is 9. The first-order valence-electron chi connectivity index (χ1n) is 6.62. The van der Waals surface area contributed by atoms with Gasteiger partial charge >= 0.3 is 10.8 Å². The average molecular weight is 344 g/mol. The number of hydrogen-bond donors (Lipinski definition) is 3. The summed E-state index contributed by atoms with van der Waals surface area (Å²) >= 11 is 0.710. The van der Waals surface area contributed by atoms with Gasteiger partial charge in [0, 0.05) is 6.92 Å². The van der Waals surface area contributed by atoms with Crippen LogP contribution < -0.4 is 16.2 Å². The maximum Gasteiger partial charge on any atom is 0.311 e. The van der Waals surface area contributed by atoms with Crippen LogP contribution in [0.2, 0.25) is 0 Å². The van der Waals surface area contributed by atoms with E-state index < -0.39 is 35.2 Å². The van der Waals surface area contributed by atoms with Crippen molar-refractivity contribution in [3.05, 3.63) is 20.0 Å². The van der Waals surface area contributed by atoms with Crippen LogP contribution in [0, 0.1) is 0 Å². The Hall–Kier alpha value is -2.24. The predicted molar refractivity (Wildman–Crippen MR) is 82.1 cm³/mol. The molecule has 0 aromatic carbocycles. The minimum absolute atomic E-state index is 0.0954. The number of nitrogens with zero attached hydrogens (tertiary/aromatic N) is 2. The zero-order valence-corrected chi connectivity index (χ0v) is 13.3. The van der Waals surface area contributed by atoms with E-state index in [1.165, 1.54) is 6.92 Å². The average Bonchev–Trinajstić information content (AvgIpc) is 2.75. The lowest BCUT2D eigenvalue weighted by atomic mass is 10.2. The van der Waals surface area contributed by atoms with Gasteiger partial charge in [0.15, 0.2) is 5.65 Å². The fourth-order valence-electron chi connectivity index (χ4n) is 1.93. The first kappa shape index (κ1) is 17.1. The molecule has 0 aliphatic carbocycles. The van der Waals surface area contributed by atoms with E-state index in [0.29, 0.717) is 11.3 Å². The van der Waals surface area contributed by atoms with Crippen LogP contribution in [0.3, 0.4) is 0 Å². The second-order valence-corrected chi connectivity index (χ2v) is 5.69. The van der Waals surface area contributed by atoms with Crippen molar-refractivity contribution in [1.82, 2.24) is 14.5 Å². The minimum Gasteiger partial charge on any atom is -0.460 e. The fourth-order valence-corrected chi connectivity index (χ4v) is 2.74. The number of aromatic nitrogens is 3. The van der Waals surface area contributed by atoms with Gasteiger partial charge in [-0.25, -0.2) is 0 Å². The zero-order chi connectivity index (χ0) is 17.1. The summed E-state index contributed by atoms with van der Waals surface area (Å²) in [6.45, 7) is 2.10. The number of ether oxygens (including phenoxy) is 2. The molecule has 0 saturated heterocycles. The summed E-state index contributed by atoms with van der Waals surface area (Å²) in [4.78, 5) is 40.4. The van der Waals surface area contributed by atoms with Crippen LogP contribution in [-0.4, -0.2) is 44.4 Å². The number of aliphatic hydroxyl groups is 1. The Morgan fingerprint density at radius 3 is 2.83 bits per heavy atom. The van der Waals surface area contributed by atoms with E-state index >= 15 is 0 Å². The lowest BCUT2D eigenvalue weighted by molar-refractivity contribution is -0.158. The highest BCUT2D eigenvalue weighted by molar-refractivity contribution is 7.16. The molecule has 0 aliphatic heterocycles. The van der Waals surface area contributed by atoms with Gasteiger partial charge < -0.3 is 20.3 Å². The van der Waals surface area contributed by atoms with Crippen molar-refractivity contribution in [2.75, 3.05) is 12.3 Å². The van der Waals surface area contributed by atoms with Crippen LogP contribution in [0.15, 0.2) is 9.59 Å². The molecule has 11 heteroatoms. The number of nitrogens with one attached hydrogen (secondary N) is 1. The van der Waals surface area contributed by atoms with Gasteiger partial charge in [-0.1, -0.05) is 11.3 Å². The third-order valence-electron chi connectivity index (χ3n) is 3.02. The second-order valence-electron chi connectivity index (χ2n) is 4.73. The molecule has 2 aromatic heterocycles. The summed E-state index contributed by atoms with van der Waals surface area (Å²) < 4.78 is 11.6. The van der Waals surface area contributed by atoms with E-state index in [4.69, 9.17) is 15.2 Å². The van der Waals surface area contributed by atoms with Crippen LogP contribution in [0.1, 0.15) is 13.8 Å². The van der Waals surface area contributed by atoms with Gasteiger partial charge in [0.2, 0.25) is 5.95 Å². The number of anilines is 1. The van der Waals surface area contributed by atoms with Gasteiger partial charge in [-0.15, -0.1) is 0 Å². The van der Waals surface area contributed by atoms with Crippen LogP contribution in [0.5, 0.6) is 0 Å². The summed E-state index contributed by atoms with van der Waals surface area (Å²) in [6.07, 6.45) is -1.54. The van der Waals surface area contributed by atoms with Crippen molar-refractivity contribution >= 4 is 33.6 Å². The van der Waals surface area contributed by atoms with Crippen LogP contribution in [-0.2, 0) is 21.0 Å². The molecule has 10 nitrogen and oxygen atoms in total. The molecule has 23 heavy (non-hydrogen) atoms. The van der Waals surface area contributed by atoms with Crippen molar-refractivity contribution in [2.24, 2.45) is 0 Å². The fraction of sp³-hybridized carbons (Fsp3) is 0.500. The third-order valence-corrected chi connectivity index (χ3v) is 3.98. The number of H-pyrrole nitrogens is 1. The molecule has 0 unspecified atom stereocenters. The number of fused-ring (bicyclic) bond motifs is 1. The molecule has 4 N–H and O–H groups in total. The molecule has 0 bridgehead atoms.